The summed E-state index contributed by atoms with van der Waals surface area (Å²) in [6.07, 6.45) is -0.459. The number of carbonyl (C=O) groups is 1. The van der Waals surface area contributed by atoms with Crippen LogP contribution < -0.4 is 24.8 Å². The zero-order valence-electron chi connectivity index (χ0n) is 20.4. The first-order valence-electron chi connectivity index (χ1n) is 11.7. The molecule has 0 saturated carbocycles. The monoisotopic (exact) mass is 496 g/mol. The molecule has 2 aliphatic heterocycles. The second-order valence-electron chi connectivity index (χ2n) is 8.72. The third-order valence-corrected chi connectivity index (χ3v) is 6.50. The van der Waals surface area contributed by atoms with E-state index in [9.17, 15) is 4.79 Å². The molecule has 0 bridgehead atoms. The van der Waals surface area contributed by atoms with Crippen molar-refractivity contribution in [3.63, 3.8) is 0 Å². The summed E-state index contributed by atoms with van der Waals surface area (Å²) in [6, 6.07) is 20.9. The summed E-state index contributed by atoms with van der Waals surface area (Å²) in [5, 5.41) is 18.7. The largest absolute Gasteiger partial charge is 0.493 e. The average Bonchev–Trinajstić information content (AvgIpc) is 3.39. The zero-order chi connectivity index (χ0) is 25.5. The molecule has 0 aliphatic carbocycles. The fraction of sp³-hybridized carbons (Fsp3) is 0.185. The quantitative estimate of drug-likeness (QED) is 0.423. The van der Waals surface area contributed by atoms with E-state index < -0.39 is 12.1 Å². The van der Waals surface area contributed by atoms with Crippen molar-refractivity contribution < 1.29 is 19.0 Å². The van der Waals surface area contributed by atoms with Crippen LogP contribution in [-0.4, -0.2) is 40.3 Å². The maximum atomic E-state index is 11.5. The molecule has 10 heteroatoms. The first-order chi connectivity index (χ1) is 18.1. The van der Waals surface area contributed by atoms with Crippen LogP contribution in [0, 0.1) is 0 Å². The van der Waals surface area contributed by atoms with E-state index in [-0.39, 0.29) is 5.91 Å². The number of tetrazole rings is 1. The molecule has 37 heavy (non-hydrogen) atoms. The van der Waals surface area contributed by atoms with Crippen LogP contribution in [0.3, 0.4) is 0 Å². The van der Waals surface area contributed by atoms with Crippen LogP contribution >= 0.6 is 0 Å². The van der Waals surface area contributed by atoms with E-state index in [1.807, 2.05) is 66.7 Å². The molecule has 2 aliphatic rings. The summed E-state index contributed by atoms with van der Waals surface area (Å²) in [4.78, 5) is 11.5. The van der Waals surface area contributed by atoms with Crippen LogP contribution in [0.15, 0.2) is 72.3 Å². The lowest BCUT2D eigenvalue weighted by atomic mass is 9.84. The van der Waals surface area contributed by atoms with Crippen molar-refractivity contribution in [2.75, 3.05) is 24.9 Å². The van der Waals surface area contributed by atoms with Crippen LogP contribution in [0.4, 0.5) is 11.6 Å². The van der Waals surface area contributed by atoms with Gasteiger partial charge < -0.3 is 24.8 Å². The maximum Gasteiger partial charge on any atom is 0.248 e. The number of amides is 1. The van der Waals surface area contributed by atoms with Gasteiger partial charge in [-0.2, -0.15) is 4.68 Å². The summed E-state index contributed by atoms with van der Waals surface area (Å²) in [5.74, 6) is 2.37. The summed E-state index contributed by atoms with van der Waals surface area (Å²) in [5.41, 5.74) is 5.28. The van der Waals surface area contributed by atoms with E-state index in [0.717, 1.165) is 33.7 Å². The average molecular weight is 497 g/mol. The Kier molecular flexibility index (Phi) is 5.48. The van der Waals surface area contributed by atoms with Gasteiger partial charge in [0.1, 0.15) is 17.9 Å². The minimum atomic E-state index is -0.459. The number of aromatic nitrogens is 4. The van der Waals surface area contributed by atoms with Gasteiger partial charge in [-0.25, -0.2) is 0 Å². The Hall–Kier alpha value is -4.86. The number of methoxy groups -OCH3 is 2. The molecule has 2 N–H and O–H groups in total. The van der Waals surface area contributed by atoms with E-state index in [4.69, 9.17) is 14.2 Å². The molecule has 3 heterocycles. The second-order valence-corrected chi connectivity index (χ2v) is 8.72. The summed E-state index contributed by atoms with van der Waals surface area (Å²) < 4.78 is 19.4. The highest BCUT2D eigenvalue weighted by Gasteiger charge is 2.41. The van der Waals surface area contributed by atoms with Crippen LogP contribution in [0.5, 0.6) is 17.2 Å². The van der Waals surface area contributed by atoms with Crippen molar-refractivity contribution in [1.82, 2.24) is 20.2 Å². The number of hydrogen-bond donors (Lipinski definition) is 2. The smallest absolute Gasteiger partial charge is 0.248 e. The highest BCUT2D eigenvalue weighted by atomic mass is 16.5. The van der Waals surface area contributed by atoms with Gasteiger partial charge in [-0.3, -0.25) is 4.79 Å². The molecule has 4 aromatic rings. The molecule has 186 valence electrons. The summed E-state index contributed by atoms with van der Waals surface area (Å²) in [6.45, 7) is 1.48. The standard InChI is InChI=1S/C27H24N6O4/c1-15(34)28-18-11-8-16(9-12-18)26-23-24(19-6-4-5-7-20(19)37-26)29-27-30-31-32-33(27)25(23)17-10-13-21(35-2)22(14-17)36-3/h4-14,25-26H,1-3H3,(H,28,34)(H,29,30,32). The minimum absolute atomic E-state index is 0.128. The molecular formula is C27H24N6O4. The first kappa shape index (κ1) is 22.6. The van der Waals surface area contributed by atoms with Gasteiger partial charge in [0.2, 0.25) is 11.9 Å². The number of ether oxygens (including phenoxy) is 3. The van der Waals surface area contributed by atoms with Crippen molar-refractivity contribution >= 4 is 23.2 Å². The predicted octanol–water partition coefficient (Wildman–Crippen LogP) is 4.21. The van der Waals surface area contributed by atoms with Gasteiger partial charge in [0.25, 0.3) is 0 Å². The Morgan fingerprint density at radius 3 is 2.51 bits per heavy atom. The van der Waals surface area contributed by atoms with E-state index in [1.165, 1.54) is 6.92 Å². The van der Waals surface area contributed by atoms with Crippen molar-refractivity contribution in [2.45, 2.75) is 19.1 Å². The minimum Gasteiger partial charge on any atom is -0.493 e. The molecule has 10 nitrogen and oxygen atoms in total. The van der Waals surface area contributed by atoms with Gasteiger partial charge in [-0.15, -0.1) is 0 Å². The lowest BCUT2D eigenvalue weighted by molar-refractivity contribution is -0.114. The molecule has 2 atom stereocenters. The van der Waals surface area contributed by atoms with Gasteiger partial charge in [-0.05, 0) is 58.0 Å². The van der Waals surface area contributed by atoms with Crippen molar-refractivity contribution in [2.24, 2.45) is 0 Å². The lowest BCUT2D eigenvalue weighted by Gasteiger charge is -2.38. The molecule has 2 unspecified atom stereocenters. The van der Waals surface area contributed by atoms with Gasteiger partial charge in [0.15, 0.2) is 11.5 Å². The van der Waals surface area contributed by atoms with Crippen LogP contribution in [0.2, 0.25) is 0 Å². The number of anilines is 2. The van der Waals surface area contributed by atoms with E-state index in [2.05, 4.69) is 26.2 Å². The summed E-state index contributed by atoms with van der Waals surface area (Å²) in [7, 11) is 3.21. The number of rotatable bonds is 5. The number of benzene rings is 3. The molecule has 0 radical (unpaired) electrons. The van der Waals surface area contributed by atoms with Gasteiger partial charge in [0.05, 0.1) is 19.9 Å². The molecule has 1 aromatic heterocycles. The zero-order valence-corrected chi connectivity index (χ0v) is 20.4. The molecule has 0 fully saturated rings. The number of para-hydroxylation sites is 1. The van der Waals surface area contributed by atoms with Crippen LogP contribution in [0.25, 0.3) is 5.70 Å². The Balaban J connectivity index is 1.55. The predicted molar refractivity (Wildman–Crippen MR) is 137 cm³/mol. The summed E-state index contributed by atoms with van der Waals surface area (Å²) >= 11 is 0. The third kappa shape index (κ3) is 3.83. The van der Waals surface area contributed by atoms with Crippen molar-refractivity contribution in [1.29, 1.82) is 0 Å². The maximum absolute atomic E-state index is 11.5. The molecule has 1 amide bonds. The Morgan fingerprint density at radius 2 is 1.76 bits per heavy atom. The molecule has 0 spiro atoms. The second kappa shape index (κ2) is 8.98. The lowest BCUT2D eigenvalue weighted by Crippen LogP contribution is -2.32. The number of nitrogens with zero attached hydrogens (tertiary/aromatic N) is 4. The number of fused-ring (bicyclic) bond motifs is 3. The number of nitrogens with one attached hydrogen (secondary N) is 2. The van der Waals surface area contributed by atoms with Crippen molar-refractivity contribution in [3.8, 4) is 17.2 Å². The molecule has 6 rings (SSSR count). The Bertz CT molecular complexity index is 1530. The van der Waals surface area contributed by atoms with Crippen LogP contribution in [-0.2, 0) is 4.79 Å². The third-order valence-electron chi connectivity index (χ3n) is 6.50. The van der Waals surface area contributed by atoms with Gasteiger partial charge >= 0.3 is 0 Å². The normalized spacial score (nSPS) is 17.5. The molecule has 3 aromatic carbocycles. The fourth-order valence-corrected chi connectivity index (χ4v) is 4.90. The fourth-order valence-electron chi connectivity index (χ4n) is 4.90. The highest BCUT2D eigenvalue weighted by Crippen LogP contribution is 2.51. The highest BCUT2D eigenvalue weighted by molar-refractivity contribution is 5.89. The van der Waals surface area contributed by atoms with Gasteiger partial charge in [0, 0.05) is 23.7 Å². The Labute approximate surface area is 212 Å². The number of hydrogen-bond acceptors (Lipinski definition) is 8. The molecular weight excluding hydrogens is 472 g/mol. The first-order valence-corrected chi connectivity index (χ1v) is 11.7. The van der Waals surface area contributed by atoms with Crippen LogP contribution in [0.1, 0.15) is 35.8 Å². The Morgan fingerprint density at radius 1 is 1.00 bits per heavy atom. The SMILES string of the molecule is COc1ccc(C2C3=C(Nc4nnnn42)c2ccccc2OC3c2ccc(NC(C)=O)cc2)cc1OC. The topological polar surface area (TPSA) is 112 Å². The molecule has 0 saturated heterocycles. The van der Waals surface area contributed by atoms with E-state index in [1.54, 1.807) is 18.9 Å². The van der Waals surface area contributed by atoms with E-state index in [0.29, 0.717) is 23.1 Å². The van der Waals surface area contributed by atoms with Gasteiger partial charge in [-0.1, -0.05) is 35.4 Å². The number of carbonyl (C=O) groups excluding carboxylic acids is 1. The van der Waals surface area contributed by atoms with E-state index >= 15 is 0 Å². The van der Waals surface area contributed by atoms with Crippen molar-refractivity contribution in [3.05, 3.63) is 89.0 Å².